The van der Waals surface area contributed by atoms with Crippen LogP contribution in [0.1, 0.15) is 17.0 Å². The second-order valence-corrected chi connectivity index (χ2v) is 6.45. The lowest BCUT2D eigenvalue weighted by Gasteiger charge is -2.34. The molecule has 1 aromatic heterocycles. The van der Waals surface area contributed by atoms with E-state index in [-0.39, 0.29) is 12.5 Å². The van der Waals surface area contributed by atoms with Crippen molar-refractivity contribution in [1.29, 1.82) is 5.26 Å². The van der Waals surface area contributed by atoms with E-state index in [1.165, 1.54) is 5.56 Å². The van der Waals surface area contributed by atoms with Gasteiger partial charge in [0, 0.05) is 30.3 Å². The molecule has 4 rings (SSSR count). The summed E-state index contributed by atoms with van der Waals surface area (Å²) in [4.78, 5) is 2.18. The lowest BCUT2D eigenvalue weighted by atomic mass is 9.93. The lowest BCUT2D eigenvalue weighted by Crippen LogP contribution is -2.36. The minimum absolute atomic E-state index is 0.158. The van der Waals surface area contributed by atoms with Crippen molar-refractivity contribution in [3.05, 3.63) is 65.5 Å². The maximum atomic E-state index is 9.60. The van der Waals surface area contributed by atoms with Crippen LogP contribution < -0.4 is 4.90 Å². The number of fused-ring (bicyclic) bond motifs is 1. The summed E-state index contributed by atoms with van der Waals surface area (Å²) >= 11 is 0. The molecule has 0 saturated heterocycles. The molecule has 0 bridgehead atoms. The third kappa shape index (κ3) is 3.17. The molecule has 0 aliphatic carbocycles. The first-order valence-electron chi connectivity index (χ1n) is 8.53. The molecule has 2 aromatic carbocycles. The van der Waals surface area contributed by atoms with Gasteiger partial charge in [0.15, 0.2) is 0 Å². The van der Waals surface area contributed by atoms with E-state index in [2.05, 4.69) is 33.3 Å². The van der Waals surface area contributed by atoms with Crippen LogP contribution in [0.25, 0.3) is 11.5 Å². The Morgan fingerprint density at radius 2 is 1.96 bits per heavy atom. The fourth-order valence-electron chi connectivity index (χ4n) is 3.33. The molecular formula is C20H18N4O2. The fourth-order valence-corrected chi connectivity index (χ4v) is 3.33. The van der Waals surface area contributed by atoms with Gasteiger partial charge in [-0.25, -0.2) is 0 Å². The number of nitrogens with zero attached hydrogens (tertiary/aromatic N) is 4. The van der Waals surface area contributed by atoms with Crippen molar-refractivity contribution in [2.24, 2.45) is 5.92 Å². The van der Waals surface area contributed by atoms with Crippen LogP contribution in [0, 0.1) is 17.2 Å². The number of aromatic nitrogens is 2. The van der Waals surface area contributed by atoms with Crippen molar-refractivity contribution in [3.8, 4) is 17.5 Å². The zero-order chi connectivity index (χ0) is 17.9. The Labute approximate surface area is 151 Å². The summed E-state index contributed by atoms with van der Waals surface area (Å²) in [6.45, 7) is 1.41. The molecule has 6 nitrogen and oxygen atoms in total. The Morgan fingerprint density at radius 1 is 1.15 bits per heavy atom. The van der Waals surface area contributed by atoms with Crippen LogP contribution in [0.15, 0.2) is 52.9 Å². The zero-order valence-electron chi connectivity index (χ0n) is 14.2. The topological polar surface area (TPSA) is 86.2 Å². The largest absolute Gasteiger partial charge is 0.419 e. The average molecular weight is 346 g/mol. The van der Waals surface area contributed by atoms with Gasteiger partial charge < -0.3 is 14.4 Å². The van der Waals surface area contributed by atoms with Gasteiger partial charge in [-0.1, -0.05) is 18.2 Å². The molecule has 0 fully saturated rings. The number of anilines is 1. The van der Waals surface area contributed by atoms with E-state index >= 15 is 0 Å². The van der Waals surface area contributed by atoms with Gasteiger partial charge in [0.05, 0.1) is 18.2 Å². The third-order valence-corrected chi connectivity index (χ3v) is 4.63. The minimum atomic E-state index is 0.158. The summed E-state index contributed by atoms with van der Waals surface area (Å²) in [5.41, 5.74) is 3.75. The van der Waals surface area contributed by atoms with Crippen molar-refractivity contribution in [2.45, 2.75) is 13.0 Å². The average Bonchev–Trinajstić information content (AvgIpc) is 3.16. The molecule has 1 N–H and O–H groups in total. The van der Waals surface area contributed by atoms with Crippen LogP contribution in [-0.2, 0) is 13.0 Å². The molecule has 0 saturated carbocycles. The molecule has 130 valence electrons. The molecule has 1 aliphatic heterocycles. The first kappa shape index (κ1) is 16.3. The number of hydrogen-bond donors (Lipinski definition) is 1. The molecule has 2 heterocycles. The highest BCUT2D eigenvalue weighted by Gasteiger charge is 2.25. The summed E-state index contributed by atoms with van der Waals surface area (Å²) in [5.74, 6) is 1.16. The summed E-state index contributed by atoms with van der Waals surface area (Å²) in [5, 5.41) is 26.8. The molecule has 0 spiro atoms. The molecule has 26 heavy (non-hydrogen) atoms. The van der Waals surface area contributed by atoms with Gasteiger partial charge in [-0.05, 0) is 42.3 Å². The van der Waals surface area contributed by atoms with Crippen LogP contribution in [0.4, 0.5) is 5.69 Å². The highest BCUT2D eigenvalue weighted by Crippen LogP contribution is 2.31. The summed E-state index contributed by atoms with van der Waals surface area (Å²) in [6, 6.07) is 17.4. The van der Waals surface area contributed by atoms with Gasteiger partial charge in [-0.2, -0.15) is 5.26 Å². The fraction of sp³-hybridized carbons (Fsp3) is 0.250. The number of rotatable bonds is 4. The molecule has 0 radical (unpaired) electrons. The van der Waals surface area contributed by atoms with E-state index in [1.54, 1.807) is 24.3 Å². The Kier molecular flexibility index (Phi) is 4.38. The van der Waals surface area contributed by atoms with E-state index in [9.17, 15) is 5.11 Å². The number of hydrogen-bond acceptors (Lipinski definition) is 6. The van der Waals surface area contributed by atoms with Crippen molar-refractivity contribution < 1.29 is 9.52 Å². The second-order valence-electron chi connectivity index (χ2n) is 6.45. The van der Waals surface area contributed by atoms with Crippen LogP contribution in [-0.4, -0.2) is 28.5 Å². The van der Waals surface area contributed by atoms with E-state index < -0.39 is 0 Å². The predicted molar refractivity (Wildman–Crippen MR) is 96.2 cm³/mol. The van der Waals surface area contributed by atoms with E-state index in [0.717, 1.165) is 24.2 Å². The van der Waals surface area contributed by atoms with E-state index in [4.69, 9.17) is 9.68 Å². The molecule has 1 unspecified atom stereocenters. The van der Waals surface area contributed by atoms with Crippen LogP contribution >= 0.6 is 0 Å². The van der Waals surface area contributed by atoms with Gasteiger partial charge >= 0.3 is 0 Å². The highest BCUT2D eigenvalue weighted by molar-refractivity contribution is 5.56. The minimum Gasteiger partial charge on any atom is -0.419 e. The maximum absolute atomic E-state index is 9.60. The third-order valence-electron chi connectivity index (χ3n) is 4.63. The molecule has 6 heteroatoms. The molecule has 1 aliphatic rings. The molecule has 1 atom stereocenters. The van der Waals surface area contributed by atoms with Crippen LogP contribution in [0.3, 0.4) is 0 Å². The van der Waals surface area contributed by atoms with Crippen molar-refractivity contribution in [2.75, 3.05) is 18.1 Å². The smallest absolute Gasteiger partial charge is 0.247 e. The summed E-state index contributed by atoms with van der Waals surface area (Å²) in [6.07, 6.45) is 0.878. The second kappa shape index (κ2) is 6.98. The van der Waals surface area contributed by atoms with Crippen molar-refractivity contribution in [3.63, 3.8) is 0 Å². The first-order chi connectivity index (χ1) is 12.8. The quantitative estimate of drug-likeness (QED) is 0.782. The van der Waals surface area contributed by atoms with E-state index in [0.29, 0.717) is 23.9 Å². The Hall–Kier alpha value is -3.17. The van der Waals surface area contributed by atoms with Gasteiger partial charge in [0.1, 0.15) is 0 Å². The highest BCUT2D eigenvalue weighted by atomic mass is 16.4. The SMILES string of the molecule is N#Cc1ccc(-c2nnc(CN3CC(CO)Cc4ccccc43)o2)cc1. The van der Waals surface area contributed by atoms with Crippen molar-refractivity contribution in [1.82, 2.24) is 10.2 Å². The Morgan fingerprint density at radius 3 is 2.73 bits per heavy atom. The molecular weight excluding hydrogens is 328 g/mol. The standard InChI is InChI=1S/C20H18N4O2/c21-10-14-5-7-16(8-6-14)20-23-22-19(26-20)12-24-11-15(13-25)9-17-3-1-2-4-18(17)24/h1-8,15,25H,9,11-13H2. The monoisotopic (exact) mass is 346 g/mol. The maximum Gasteiger partial charge on any atom is 0.247 e. The van der Waals surface area contributed by atoms with Crippen LogP contribution in [0.2, 0.25) is 0 Å². The number of benzene rings is 2. The predicted octanol–water partition coefficient (Wildman–Crippen LogP) is 2.78. The first-order valence-corrected chi connectivity index (χ1v) is 8.53. The Balaban J connectivity index is 1.56. The molecule has 0 amide bonds. The van der Waals surface area contributed by atoms with E-state index in [1.807, 2.05) is 12.1 Å². The number of nitriles is 1. The van der Waals surface area contributed by atoms with Gasteiger partial charge in [0.2, 0.25) is 11.8 Å². The van der Waals surface area contributed by atoms with Gasteiger partial charge in [-0.15, -0.1) is 10.2 Å². The lowest BCUT2D eigenvalue weighted by molar-refractivity contribution is 0.223. The number of aliphatic hydroxyl groups excluding tert-OH is 1. The van der Waals surface area contributed by atoms with Crippen LogP contribution in [0.5, 0.6) is 0 Å². The zero-order valence-corrected chi connectivity index (χ0v) is 14.2. The van der Waals surface area contributed by atoms with Gasteiger partial charge in [-0.3, -0.25) is 0 Å². The van der Waals surface area contributed by atoms with Gasteiger partial charge in [0.25, 0.3) is 0 Å². The summed E-state index contributed by atoms with van der Waals surface area (Å²) in [7, 11) is 0. The van der Waals surface area contributed by atoms with Crippen molar-refractivity contribution >= 4 is 5.69 Å². The Bertz CT molecular complexity index is 943. The molecule has 3 aromatic rings. The number of para-hydroxylation sites is 1. The summed E-state index contributed by atoms with van der Waals surface area (Å²) < 4.78 is 5.82. The normalized spacial score (nSPS) is 16.2. The number of aliphatic hydroxyl groups is 1.